The summed E-state index contributed by atoms with van der Waals surface area (Å²) in [5.41, 5.74) is 4.90. The molecule has 1 unspecified atom stereocenters. The van der Waals surface area contributed by atoms with E-state index in [2.05, 4.69) is 45.4 Å². The molecule has 450 valence electrons. The predicted octanol–water partition coefficient (Wildman–Crippen LogP) is 5.87. The summed E-state index contributed by atoms with van der Waals surface area (Å²) in [6, 6.07) is 16.1. The van der Waals surface area contributed by atoms with Crippen LogP contribution in [0.3, 0.4) is 0 Å². The third kappa shape index (κ3) is 29.6. The molecule has 0 bridgehead atoms. The Kier molecular flexibility index (Phi) is 35.5. The Morgan fingerprint density at radius 3 is 1.74 bits per heavy atom. The average Bonchev–Trinajstić information content (AvgIpc) is 4.06. The molecule has 80 heavy (non-hydrogen) atoms. The Labute approximate surface area is 478 Å². The molecule has 5 N–H and O–H groups in total. The van der Waals surface area contributed by atoms with Crippen LogP contribution in [0.15, 0.2) is 48.5 Å². The van der Waals surface area contributed by atoms with E-state index < -0.39 is 6.72 Å². The first-order chi connectivity index (χ1) is 38.8. The number of carbonyl (C=O) groups excluding carboxylic acids is 4. The largest absolute Gasteiger partial charge is 0.379 e. The summed E-state index contributed by atoms with van der Waals surface area (Å²) < 4.78 is 51.2. The number of fused-ring (bicyclic) bond motifs is 5. The fraction of sp³-hybridized carbons (Fsp3) is 0.679. The molecule has 4 amide bonds. The second-order valence-electron chi connectivity index (χ2n) is 19.5. The van der Waals surface area contributed by atoms with Crippen LogP contribution in [0.4, 0.5) is 5.69 Å². The first-order valence-corrected chi connectivity index (χ1v) is 31.1. The number of para-hydroxylation sites is 1. The SMILES string of the molecule is CC(C)NCCOCCOCCOCCNC(=O)CCOCCOCCOCCOCCNC(=O)CCC(=O)N1Cc2ccccc2-c2c(nnn2CCCCCC(=O)NCCCCCCOP(O)(=S)OC(C)C)-c2ccccc21. The van der Waals surface area contributed by atoms with Crippen molar-refractivity contribution in [3.05, 3.63) is 54.1 Å². The molecule has 1 aromatic heterocycles. The van der Waals surface area contributed by atoms with Crippen molar-refractivity contribution in [3.63, 3.8) is 0 Å². The van der Waals surface area contributed by atoms with Crippen LogP contribution in [0.2, 0.25) is 0 Å². The fourth-order valence-electron chi connectivity index (χ4n) is 8.24. The number of aromatic nitrogens is 3. The number of unbranched alkanes of at least 4 members (excludes halogenated alkanes) is 5. The summed E-state index contributed by atoms with van der Waals surface area (Å²) in [6.07, 6.45) is 6.39. The molecule has 0 fully saturated rings. The lowest BCUT2D eigenvalue weighted by Crippen LogP contribution is -2.34. The number of aryl methyl sites for hydroxylation is 1. The Bertz CT molecular complexity index is 2260. The Morgan fingerprint density at radius 2 is 1.10 bits per heavy atom. The number of amides is 4. The summed E-state index contributed by atoms with van der Waals surface area (Å²) in [4.78, 5) is 63.1. The van der Waals surface area contributed by atoms with E-state index in [0.717, 1.165) is 73.9 Å². The zero-order chi connectivity index (χ0) is 57.5. The maximum absolute atomic E-state index is 14.0. The van der Waals surface area contributed by atoms with E-state index in [0.29, 0.717) is 156 Å². The highest BCUT2D eigenvalue weighted by Gasteiger charge is 2.29. The Morgan fingerprint density at radius 1 is 0.575 bits per heavy atom. The van der Waals surface area contributed by atoms with Gasteiger partial charge in [-0.25, -0.2) is 4.68 Å². The van der Waals surface area contributed by atoms with Gasteiger partial charge in [-0.3, -0.25) is 19.2 Å². The third-order valence-electron chi connectivity index (χ3n) is 12.2. The molecule has 0 radical (unpaired) electrons. The minimum atomic E-state index is -3.18. The van der Waals surface area contributed by atoms with Crippen molar-refractivity contribution in [2.45, 2.75) is 124 Å². The summed E-state index contributed by atoms with van der Waals surface area (Å²) in [7, 11) is 0. The van der Waals surface area contributed by atoms with E-state index >= 15 is 0 Å². The average molecular weight is 1160 g/mol. The predicted molar refractivity (Wildman–Crippen MR) is 309 cm³/mol. The molecule has 24 heteroatoms. The maximum atomic E-state index is 14.0. The molecule has 0 aliphatic carbocycles. The van der Waals surface area contributed by atoms with Crippen molar-refractivity contribution < 1.29 is 66.3 Å². The van der Waals surface area contributed by atoms with Crippen LogP contribution < -0.4 is 26.2 Å². The lowest BCUT2D eigenvalue weighted by molar-refractivity contribution is -0.125. The number of rotatable bonds is 47. The molecule has 1 atom stereocenters. The standard InChI is InChI=1S/C56H91N8O14PS/c1-45(2)57-25-31-71-35-39-75-40-36-73-33-27-60-53(67)23-30-70-34-38-74-42-43-76-41-37-72-32-26-59-52(66)21-22-54(68)63-44-47-16-9-10-17-48(47)56-55(49-18-11-12-19-50(49)63)61-62-64(56)28-14-7-8-20-51(65)58-24-13-5-6-15-29-77-79(69,80)78-46(3)4/h9-12,16-19,45-46,57H,5-8,13-15,20-44H2,1-4H3,(H,58,65)(H,59,66)(H,60,67)(H,69,80). The highest BCUT2D eigenvalue weighted by Crippen LogP contribution is 2.45. The summed E-state index contributed by atoms with van der Waals surface area (Å²) >= 11 is 5.00. The molecule has 1 aliphatic rings. The van der Waals surface area contributed by atoms with Crippen molar-refractivity contribution in [2.24, 2.45) is 0 Å². The van der Waals surface area contributed by atoms with E-state index in [4.69, 9.17) is 54.0 Å². The minimum Gasteiger partial charge on any atom is -0.379 e. The topological polar surface area (TPSA) is 254 Å². The van der Waals surface area contributed by atoms with Crippen molar-refractivity contribution in [1.82, 2.24) is 36.3 Å². The van der Waals surface area contributed by atoms with Crippen molar-refractivity contribution in [1.29, 1.82) is 0 Å². The first-order valence-electron chi connectivity index (χ1n) is 28.5. The number of anilines is 1. The summed E-state index contributed by atoms with van der Waals surface area (Å²) in [5.74, 6) is -0.499. The Balaban J connectivity index is 1.01. The number of carbonyl (C=O) groups is 4. The third-order valence-corrected chi connectivity index (χ3v) is 14.0. The summed E-state index contributed by atoms with van der Waals surface area (Å²) in [5, 5.41) is 21.2. The van der Waals surface area contributed by atoms with Crippen LogP contribution in [0.25, 0.3) is 22.5 Å². The molecule has 2 heterocycles. The number of benzene rings is 2. The van der Waals surface area contributed by atoms with Gasteiger partial charge in [0, 0.05) is 75.6 Å². The van der Waals surface area contributed by atoms with Gasteiger partial charge >= 0.3 is 6.72 Å². The normalized spacial score (nSPS) is 12.9. The zero-order valence-corrected chi connectivity index (χ0v) is 49.5. The molecule has 4 rings (SSSR count). The van der Waals surface area contributed by atoms with Gasteiger partial charge in [0.25, 0.3) is 0 Å². The van der Waals surface area contributed by atoms with E-state index in [1.54, 1.807) is 18.7 Å². The van der Waals surface area contributed by atoms with E-state index in [1.807, 2.05) is 53.2 Å². The van der Waals surface area contributed by atoms with Crippen molar-refractivity contribution in [3.8, 4) is 22.5 Å². The number of ether oxygens (including phenoxy) is 7. The molecular weight excluding hydrogens is 1070 g/mol. The van der Waals surface area contributed by atoms with E-state index in [1.165, 1.54) is 0 Å². The van der Waals surface area contributed by atoms with E-state index in [9.17, 15) is 24.1 Å². The van der Waals surface area contributed by atoms with Crippen LogP contribution >= 0.6 is 6.72 Å². The number of nitrogens with one attached hydrogen (secondary N) is 4. The molecular formula is C56H91N8O14PS. The second-order valence-corrected chi connectivity index (χ2v) is 22.3. The molecule has 0 saturated carbocycles. The van der Waals surface area contributed by atoms with Crippen molar-refractivity contribution in [2.75, 3.05) is 130 Å². The van der Waals surface area contributed by atoms with Gasteiger partial charge in [-0.2, -0.15) is 0 Å². The lowest BCUT2D eigenvalue weighted by Gasteiger charge is -2.28. The van der Waals surface area contributed by atoms with Crippen LogP contribution in [-0.2, 0) is 86.3 Å². The minimum absolute atomic E-state index is 0.0117. The Hall–Kier alpha value is -4.33. The van der Waals surface area contributed by atoms with Crippen LogP contribution in [-0.4, -0.2) is 181 Å². The van der Waals surface area contributed by atoms with Crippen molar-refractivity contribution >= 4 is 47.8 Å². The monoisotopic (exact) mass is 1160 g/mol. The maximum Gasteiger partial charge on any atom is 0.324 e. The second kappa shape index (κ2) is 41.6. The van der Waals surface area contributed by atoms with Gasteiger partial charge in [0.15, 0.2) is 0 Å². The van der Waals surface area contributed by atoms with Gasteiger partial charge in [0.1, 0.15) is 5.69 Å². The van der Waals surface area contributed by atoms with E-state index in [-0.39, 0.29) is 49.0 Å². The number of hydrogen-bond acceptors (Lipinski definition) is 17. The zero-order valence-electron chi connectivity index (χ0n) is 47.8. The highest BCUT2D eigenvalue weighted by atomic mass is 32.5. The van der Waals surface area contributed by atoms with Crippen LogP contribution in [0.5, 0.6) is 0 Å². The molecule has 22 nitrogen and oxygen atoms in total. The molecule has 3 aromatic rings. The fourth-order valence-corrected chi connectivity index (χ4v) is 9.93. The van der Waals surface area contributed by atoms with Gasteiger partial charge < -0.3 is 73.3 Å². The molecule has 0 saturated heterocycles. The quantitative estimate of drug-likeness (QED) is 0.0327. The van der Waals surface area contributed by atoms with Gasteiger partial charge in [-0.05, 0) is 63.0 Å². The van der Waals surface area contributed by atoms with Gasteiger partial charge in [0.05, 0.1) is 123 Å². The van der Waals surface area contributed by atoms with Gasteiger partial charge in [-0.15, -0.1) is 5.10 Å². The highest BCUT2D eigenvalue weighted by molar-refractivity contribution is 8.07. The van der Waals surface area contributed by atoms with Gasteiger partial charge in [-0.1, -0.05) is 80.8 Å². The van der Waals surface area contributed by atoms with Crippen LogP contribution in [0.1, 0.15) is 104 Å². The molecule has 1 aliphatic heterocycles. The van der Waals surface area contributed by atoms with Gasteiger partial charge in [0.2, 0.25) is 23.6 Å². The van der Waals surface area contributed by atoms with Crippen LogP contribution in [0, 0.1) is 0 Å². The number of hydrogen-bond donors (Lipinski definition) is 5. The molecule has 0 spiro atoms. The molecule has 2 aromatic carbocycles. The lowest BCUT2D eigenvalue weighted by atomic mass is 9.95. The number of nitrogens with zero attached hydrogens (tertiary/aromatic N) is 4. The summed E-state index contributed by atoms with van der Waals surface area (Å²) in [6.45, 7) is 13.9. The smallest absolute Gasteiger partial charge is 0.324 e. The first kappa shape index (κ1) is 68.2.